The summed E-state index contributed by atoms with van der Waals surface area (Å²) in [5.41, 5.74) is 4.79. The predicted octanol–water partition coefficient (Wildman–Crippen LogP) is -0.133. The number of carbonyl (C=O) groups is 3. The number of amides is 3. The van der Waals surface area contributed by atoms with Crippen LogP contribution in [0, 0.1) is 10.1 Å². The number of nitro groups is 1. The zero-order valence-electron chi connectivity index (χ0n) is 11.0. The Morgan fingerprint density at radius 2 is 2.05 bits per heavy atom. The van der Waals surface area contributed by atoms with Crippen LogP contribution in [0.5, 0.6) is 0 Å². The van der Waals surface area contributed by atoms with Crippen molar-refractivity contribution in [3.8, 4) is 0 Å². The van der Waals surface area contributed by atoms with Crippen molar-refractivity contribution in [2.45, 2.75) is 6.42 Å². The van der Waals surface area contributed by atoms with Gasteiger partial charge >= 0.3 is 11.8 Å². The largest absolute Gasteiger partial charge is 0.330 e. The molecule has 3 amide bonds. The van der Waals surface area contributed by atoms with Crippen LogP contribution in [0.1, 0.15) is 6.42 Å². The third-order valence-electron chi connectivity index (χ3n) is 2.53. The van der Waals surface area contributed by atoms with Crippen molar-refractivity contribution in [3.63, 3.8) is 0 Å². The molecule has 0 aliphatic heterocycles. The molecule has 0 fully saturated rings. The van der Waals surface area contributed by atoms with E-state index in [0.717, 1.165) is 0 Å². The Morgan fingerprint density at radius 3 is 2.62 bits per heavy atom. The molecular formula is C12H14N4O5. The minimum absolute atomic E-state index is 0.00311. The molecule has 0 heterocycles. The summed E-state index contributed by atoms with van der Waals surface area (Å²) in [5.74, 6) is -2.23. The summed E-state index contributed by atoms with van der Waals surface area (Å²) < 4.78 is 0. The van der Waals surface area contributed by atoms with Gasteiger partial charge in [0.15, 0.2) is 0 Å². The maximum absolute atomic E-state index is 11.7. The van der Waals surface area contributed by atoms with E-state index in [0.29, 0.717) is 11.3 Å². The van der Waals surface area contributed by atoms with Gasteiger partial charge in [-0.05, 0) is 19.0 Å². The molecule has 0 saturated heterocycles. The lowest BCUT2D eigenvalue weighted by atomic mass is 10.2. The minimum atomic E-state index is -1.13. The SMILES string of the molecule is NCCCN(C=O)C(=O)C(=O)Nc1ccccc1[N+](=O)[O-]. The number of hydrogen-bond acceptors (Lipinski definition) is 6. The topological polar surface area (TPSA) is 136 Å². The van der Waals surface area contributed by atoms with Gasteiger partial charge in [0, 0.05) is 12.6 Å². The first-order valence-electron chi connectivity index (χ1n) is 6.02. The standard InChI is InChI=1S/C12H14N4O5/c13-6-3-7-15(8-17)12(19)11(18)14-9-4-1-2-5-10(9)16(20)21/h1-2,4-5,8H,3,6-7,13H2,(H,14,18). The van der Waals surface area contributed by atoms with Crippen LogP contribution in [-0.2, 0) is 14.4 Å². The predicted molar refractivity (Wildman–Crippen MR) is 73.2 cm³/mol. The number of nitrogens with one attached hydrogen (secondary N) is 1. The van der Waals surface area contributed by atoms with E-state index < -0.39 is 16.7 Å². The third kappa shape index (κ3) is 4.35. The number of hydrogen-bond donors (Lipinski definition) is 2. The van der Waals surface area contributed by atoms with Crippen LogP contribution in [0.3, 0.4) is 0 Å². The zero-order valence-corrected chi connectivity index (χ0v) is 11.0. The molecule has 9 heteroatoms. The number of imide groups is 1. The van der Waals surface area contributed by atoms with E-state index in [1.54, 1.807) is 0 Å². The number of carbonyl (C=O) groups excluding carboxylic acids is 3. The highest BCUT2D eigenvalue weighted by molar-refractivity contribution is 6.41. The highest BCUT2D eigenvalue weighted by Gasteiger charge is 2.23. The van der Waals surface area contributed by atoms with Crippen molar-refractivity contribution in [1.29, 1.82) is 0 Å². The Hall–Kier alpha value is -2.81. The Balaban J connectivity index is 2.83. The lowest BCUT2D eigenvalue weighted by Crippen LogP contribution is -2.40. The molecule has 1 aromatic rings. The van der Waals surface area contributed by atoms with Gasteiger partial charge in [-0.25, -0.2) is 0 Å². The van der Waals surface area contributed by atoms with E-state index in [2.05, 4.69) is 5.32 Å². The molecule has 0 spiro atoms. The maximum Gasteiger partial charge on any atom is 0.318 e. The van der Waals surface area contributed by atoms with Crippen molar-refractivity contribution in [2.75, 3.05) is 18.4 Å². The second-order valence-electron chi connectivity index (χ2n) is 3.97. The van der Waals surface area contributed by atoms with Crippen LogP contribution in [0.2, 0.25) is 0 Å². The molecule has 0 atom stereocenters. The highest BCUT2D eigenvalue weighted by atomic mass is 16.6. The highest BCUT2D eigenvalue weighted by Crippen LogP contribution is 2.23. The first-order valence-corrected chi connectivity index (χ1v) is 6.02. The average Bonchev–Trinajstić information content (AvgIpc) is 2.48. The molecule has 0 aliphatic carbocycles. The number of nitro benzene ring substituents is 1. The molecule has 1 aromatic carbocycles. The fraction of sp³-hybridized carbons (Fsp3) is 0.250. The number of anilines is 1. The molecule has 3 N–H and O–H groups in total. The number of para-hydroxylation sites is 2. The van der Waals surface area contributed by atoms with Gasteiger partial charge in [0.1, 0.15) is 5.69 Å². The molecule has 0 aliphatic rings. The summed E-state index contributed by atoms with van der Waals surface area (Å²) in [7, 11) is 0. The molecule has 0 aromatic heterocycles. The van der Waals surface area contributed by atoms with Gasteiger partial charge in [-0.15, -0.1) is 0 Å². The monoisotopic (exact) mass is 294 g/mol. The van der Waals surface area contributed by atoms with Gasteiger partial charge in [0.25, 0.3) is 5.69 Å². The fourth-order valence-corrected chi connectivity index (χ4v) is 1.51. The Kier molecular flexibility index (Phi) is 5.96. The first-order chi connectivity index (χ1) is 10.0. The van der Waals surface area contributed by atoms with E-state index >= 15 is 0 Å². The van der Waals surface area contributed by atoms with Gasteiger partial charge in [0.2, 0.25) is 6.41 Å². The van der Waals surface area contributed by atoms with Crippen LogP contribution in [0.25, 0.3) is 0 Å². The normalized spacial score (nSPS) is 9.76. The smallest absolute Gasteiger partial charge is 0.318 e. The van der Waals surface area contributed by atoms with Gasteiger partial charge < -0.3 is 11.1 Å². The van der Waals surface area contributed by atoms with Crippen LogP contribution in [0.4, 0.5) is 11.4 Å². The van der Waals surface area contributed by atoms with Crippen molar-refractivity contribution in [1.82, 2.24) is 4.90 Å². The third-order valence-corrected chi connectivity index (χ3v) is 2.53. The molecular weight excluding hydrogens is 280 g/mol. The molecule has 0 saturated carbocycles. The van der Waals surface area contributed by atoms with E-state index in [-0.39, 0.29) is 30.9 Å². The van der Waals surface area contributed by atoms with Crippen molar-refractivity contribution < 1.29 is 19.3 Å². The second kappa shape index (κ2) is 7.70. The van der Waals surface area contributed by atoms with Gasteiger partial charge in [0.05, 0.1) is 4.92 Å². The molecule has 0 radical (unpaired) electrons. The summed E-state index contributed by atoms with van der Waals surface area (Å²) >= 11 is 0. The first kappa shape index (κ1) is 16.2. The summed E-state index contributed by atoms with van der Waals surface area (Å²) in [6.45, 7) is 0.256. The van der Waals surface area contributed by atoms with E-state index in [9.17, 15) is 24.5 Å². The molecule has 21 heavy (non-hydrogen) atoms. The molecule has 0 bridgehead atoms. The molecule has 1 rings (SSSR count). The van der Waals surface area contributed by atoms with Crippen molar-refractivity contribution >= 4 is 29.6 Å². The molecule has 0 unspecified atom stereocenters. The van der Waals surface area contributed by atoms with Gasteiger partial charge in [-0.2, -0.15) is 0 Å². The van der Waals surface area contributed by atoms with Gasteiger partial charge in [-0.1, -0.05) is 12.1 Å². The number of nitrogens with two attached hydrogens (primary N) is 1. The second-order valence-corrected chi connectivity index (χ2v) is 3.97. The lowest BCUT2D eigenvalue weighted by Gasteiger charge is -2.14. The summed E-state index contributed by atoms with van der Waals surface area (Å²) in [5, 5.41) is 12.9. The van der Waals surface area contributed by atoms with Gasteiger partial charge in [-0.3, -0.25) is 29.4 Å². The lowest BCUT2D eigenvalue weighted by molar-refractivity contribution is -0.383. The average molecular weight is 294 g/mol. The quantitative estimate of drug-likeness (QED) is 0.324. The van der Waals surface area contributed by atoms with E-state index in [1.807, 2.05) is 0 Å². The fourth-order valence-electron chi connectivity index (χ4n) is 1.51. The summed E-state index contributed by atoms with van der Waals surface area (Å²) in [6.07, 6.45) is 0.570. The minimum Gasteiger partial charge on any atom is -0.330 e. The van der Waals surface area contributed by atoms with Crippen molar-refractivity contribution in [3.05, 3.63) is 34.4 Å². The van der Waals surface area contributed by atoms with Crippen LogP contribution in [-0.4, -0.2) is 41.1 Å². The number of benzene rings is 1. The van der Waals surface area contributed by atoms with Crippen molar-refractivity contribution in [2.24, 2.45) is 5.73 Å². The number of rotatable bonds is 6. The van der Waals surface area contributed by atoms with Crippen LogP contribution < -0.4 is 11.1 Å². The number of nitrogens with zero attached hydrogens (tertiary/aromatic N) is 2. The molecule has 112 valence electrons. The maximum atomic E-state index is 11.7. The Morgan fingerprint density at radius 1 is 1.38 bits per heavy atom. The zero-order chi connectivity index (χ0) is 15.8. The van der Waals surface area contributed by atoms with Crippen LogP contribution >= 0.6 is 0 Å². The summed E-state index contributed by atoms with van der Waals surface area (Å²) in [6, 6.07) is 5.37. The Bertz CT molecular complexity index is 560. The Labute approximate surface area is 119 Å². The summed E-state index contributed by atoms with van der Waals surface area (Å²) in [4.78, 5) is 45.0. The van der Waals surface area contributed by atoms with E-state index in [1.165, 1.54) is 24.3 Å². The van der Waals surface area contributed by atoms with E-state index in [4.69, 9.17) is 5.73 Å². The van der Waals surface area contributed by atoms with Crippen LogP contribution in [0.15, 0.2) is 24.3 Å². The molecule has 9 nitrogen and oxygen atoms in total.